The minimum atomic E-state index is 0.612. The molecule has 2 atom stereocenters. The lowest BCUT2D eigenvalue weighted by Crippen LogP contribution is -2.56. The van der Waals surface area contributed by atoms with Gasteiger partial charge in [0.05, 0.1) is 0 Å². The summed E-state index contributed by atoms with van der Waals surface area (Å²) >= 11 is 6.35. The zero-order valence-corrected chi connectivity index (χ0v) is 14.4. The van der Waals surface area contributed by atoms with Gasteiger partial charge in [0, 0.05) is 36.7 Å². The second-order valence-corrected chi connectivity index (χ2v) is 7.11. The van der Waals surface area contributed by atoms with E-state index >= 15 is 0 Å². The van der Waals surface area contributed by atoms with Crippen molar-refractivity contribution in [3.05, 3.63) is 34.9 Å². The van der Waals surface area contributed by atoms with E-state index in [4.69, 9.17) is 11.6 Å². The highest BCUT2D eigenvalue weighted by Gasteiger charge is 2.27. The summed E-state index contributed by atoms with van der Waals surface area (Å²) in [5.41, 5.74) is 1.26. The van der Waals surface area contributed by atoms with Gasteiger partial charge in [-0.05, 0) is 30.4 Å². The fourth-order valence-electron chi connectivity index (χ4n) is 3.31. The number of halogens is 1. The molecular weight excluding hydrogens is 280 g/mol. The summed E-state index contributed by atoms with van der Waals surface area (Å²) in [6.07, 6.45) is 3.74. The number of hydrogen-bond acceptors (Lipinski definition) is 2. The van der Waals surface area contributed by atoms with Gasteiger partial charge in [-0.1, -0.05) is 57.0 Å². The van der Waals surface area contributed by atoms with Crippen LogP contribution in [0.2, 0.25) is 5.02 Å². The number of piperazine rings is 1. The zero-order valence-electron chi connectivity index (χ0n) is 13.6. The Kier molecular flexibility index (Phi) is 6.53. The molecule has 1 aliphatic heterocycles. The van der Waals surface area contributed by atoms with E-state index in [1.165, 1.54) is 24.8 Å². The third-order valence-electron chi connectivity index (χ3n) is 4.32. The van der Waals surface area contributed by atoms with Crippen LogP contribution in [0.5, 0.6) is 0 Å². The van der Waals surface area contributed by atoms with Crippen molar-refractivity contribution in [2.75, 3.05) is 13.1 Å². The van der Waals surface area contributed by atoms with Crippen molar-refractivity contribution in [1.82, 2.24) is 10.2 Å². The Morgan fingerprint density at radius 1 is 1.33 bits per heavy atom. The first-order chi connectivity index (χ1) is 10.1. The first-order valence-corrected chi connectivity index (χ1v) is 8.68. The predicted molar refractivity (Wildman–Crippen MR) is 91.8 cm³/mol. The van der Waals surface area contributed by atoms with E-state index in [1.807, 2.05) is 12.1 Å². The quantitative estimate of drug-likeness (QED) is 0.841. The summed E-state index contributed by atoms with van der Waals surface area (Å²) in [7, 11) is 0. The van der Waals surface area contributed by atoms with Crippen molar-refractivity contribution in [3.8, 4) is 0 Å². The molecule has 118 valence electrons. The maximum atomic E-state index is 6.35. The van der Waals surface area contributed by atoms with Crippen LogP contribution in [0.25, 0.3) is 0 Å². The van der Waals surface area contributed by atoms with Gasteiger partial charge in [0.1, 0.15) is 0 Å². The number of nitrogens with zero attached hydrogens (tertiary/aromatic N) is 1. The fourth-order valence-corrected chi connectivity index (χ4v) is 3.51. The molecule has 3 heteroatoms. The van der Waals surface area contributed by atoms with Gasteiger partial charge >= 0.3 is 0 Å². The molecule has 21 heavy (non-hydrogen) atoms. The van der Waals surface area contributed by atoms with Gasteiger partial charge in [0.25, 0.3) is 0 Å². The largest absolute Gasteiger partial charge is 0.311 e. The van der Waals surface area contributed by atoms with Crippen molar-refractivity contribution < 1.29 is 0 Å². The van der Waals surface area contributed by atoms with Gasteiger partial charge in [0.2, 0.25) is 0 Å². The highest BCUT2D eigenvalue weighted by molar-refractivity contribution is 6.31. The topological polar surface area (TPSA) is 15.3 Å². The van der Waals surface area contributed by atoms with E-state index < -0.39 is 0 Å². The monoisotopic (exact) mass is 308 g/mol. The van der Waals surface area contributed by atoms with Crippen LogP contribution in [-0.4, -0.2) is 30.1 Å². The molecule has 0 aliphatic carbocycles. The second-order valence-electron chi connectivity index (χ2n) is 6.70. The molecule has 1 aliphatic rings. The smallest absolute Gasteiger partial charge is 0.0451 e. The van der Waals surface area contributed by atoms with Crippen LogP contribution in [0, 0.1) is 5.92 Å². The minimum absolute atomic E-state index is 0.612. The molecule has 2 rings (SSSR count). The van der Waals surface area contributed by atoms with Crippen molar-refractivity contribution in [2.24, 2.45) is 5.92 Å². The van der Waals surface area contributed by atoms with E-state index in [-0.39, 0.29) is 0 Å². The molecule has 1 N–H and O–H groups in total. The first-order valence-electron chi connectivity index (χ1n) is 8.31. The predicted octanol–water partition coefficient (Wildman–Crippen LogP) is 4.33. The Labute approximate surface area is 134 Å². The lowest BCUT2D eigenvalue weighted by atomic mass is 9.97. The molecule has 0 spiro atoms. The van der Waals surface area contributed by atoms with Crippen molar-refractivity contribution in [1.29, 1.82) is 0 Å². The zero-order chi connectivity index (χ0) is 15.2. The summed E-state index contributed by atoms with van der Waals surface area (Å²) in [5.74, 6) is 0.743. The normalized spacial score (nSPS) is 23.7. The van der Waals surface area contributed by atoms with Gasteiger partial charge < -0.3 is 5.32 Å². The molecule has 0 amide bonds. The average Bonchev–Trinajstić information content (AvgIpc) is 2.44. The number of hydrogen-bond donors (Lipinski definition) is 1. The van der Waals surface area contributed by atoms with Gasteiger partial charge in [-0.3, -0.25) is 4.90 Å². The fraction of sp³-hybridized carbons (Fsp3) is 0.667. The third kappa shape index (κ3) is 4.98. The Morgan fingerprint density at radius 3 is 2.76 bits per heavy atom. The maximum absolute atomic E-state index is 6.35. The van der Waals surface area contributed by atoms with Crippen molar-refractivity contribution in [3.63, 3.8) is 0 Å². The summed E-state index contributed by atoms with van der Waals surface area (Å²) in [4.78, 5) is 2.63. The molecule has 0 saturated carbocycles. The molecule has 0 aromatic heterocycles. The highest BCUT2D eigenvalue weighted by atomic mass is 35.5. The summed E-state index contributed by atoms with van der Waals surface area (Å²) in [6, 6.07) is 9.50. The van der Waals surface area contributed by atoms with Crippen LogP contribution in [0.4, 0.5) is 0 Å². The molecule has 2 unspecified atom stereocenters. The van der Waals surface area contributed by atoms with Crippen LogP contribution in [0.15, 0.2) is 24.3 Å². The van der Waals surface area contributed by atoms with Crippen LogP contribution in [-0.2, 0) is 6.54 Å². The van der Waals surface area contributed by atoms with Gasteiger partial charge in [-0.15, -0.1) is 0 Å². The molecule has 1 fully saturated rings. The van der Waals surface area contributed by atoms with Crippen LogP contribution >= 0.6 is 11.6 Å². The maximum Gasteiger partial charge on any atom is 0.0451 e. The van der Waals surface area contributed by atoms with Gasteiger partial charge in [-0.2, -0.15) is 0 Å². The van der Waals surface area contributed by atoms with E-state index in [2.05, 4.69) is 43.1 Å². The first kappa shape index (κ1) is 16.8. The summed E-state index contributed by atoms with van der Waals surface area (Å²) in [5, 5.41) is 4.64. The minimum Gasteiger partial charge on any atom is -0.311 e. The number of nitrogens with one attached hydrogen (secondary N) is 1. The van der Waals surface area contributed by atoms with Crippen molar-refractivity contribution >= 4 is 11.6 Å². The molecule has 1 heterocycles. The molecule has 0 radical (unpaired) electrons. The molecule has 1 aromatic rings. The summed E-state index contributed by atoms with van der Waals surface area (Å²) < 4.78 is 0. The van der Waals surface area contributed by atoms with Crippen molar-refractivity contribution in [2.45, 2.75) is 58.7 Å². The lowest BCUT2D eigenvalue weighted by Gasteiger charge is -2.41. The molecule has 0 bridgehead atoms. The van der Waals surface area contributed by atoms with Crippen LogP contribution < -0.4 is 5.32 Å². The van der Waals surface area contributed by atoms with E-state index in [9.17, 15) is 0 Å². The molecule has 1 aromatic carbocycles. The van der Waals surface area contributed by atoms with Gasteiger partial charge in [0.15, 0.2) is 0 Å². The number of benzene rings is 1. The van der Waals surface area contributed by atoms with E-state index in [0.717, 1.165) is 30.6 Å². The molecule has 2 nitrogen and oxygen atoms in total. The van der Waals surface area contributed by atoms with Crippen LogP contribution in [0.3, 0.4) is 0 Å². The SMILES string of the molecule is CCCC1CNC(CC(C)C)CN1Cc1ccccc1Cl. The molecule has 1 saturated heterocycles. The second kappa shape index (κ2) is 8.17. The third-order valence-corrected chi connectivity index (χ3v) is 4.69. The van der Waals surface area contributed by atoms with E-state index in [1.54, 1.807) is 0 Å². The number of rotatable bonds is 6. The Balaban J connectivity index is 2.05. The Bertz CT molecular complexity index is 433. The standard InChI is InChI=1S/C18H29ClN2/c1-4-7-17-11-20-16(10-14(2)3)13-21(17)12-15-8-5-6-9-18(15)19/h5-6,8-9,14,16-17,20H,4,7,10-13H2,1-3H3. The van der Waals surface area contributed by atoms with Crippen LogP contribution in [0.1, 0.15) is 45.6 Å². The van der Waals surface area contributed by atoms with Gasteiger partial charge in [-0.25, -0.2) is 0 Å². The van der Waals surface area contributed by atoms with E-state index in [0.29, 0.717) is 12.1 Å². The Morgan fingerprint density at radius 2 is 2.10 bits per heavy atom. The summed E-state index contributed by atoms with van der Waals surface area (Å²) in [6.45, 7) is 10.1. The highest BCUT2D eigenvalue weighted by Crippen LogP contribution is 2.22. The Hall–Kier alpha value is -0.570. The lowest BCUT2D eigenvalue weighted by molar-refractivity contribution is 0.108. The average molecular weight is 309 g/mol. The molecular formula is C18H29ClN2.